The van der Waals surface area contributed by atoms with Crippen LogP contribution in [0.1, 0.15) is 25.8 Å². The van der Waals surface area contributed by atoms with E-state index < -0.39 is 0 Å². The monoisotopic (exact) mass is 274 g/mol. The molecule has 0 aromatic heterocycles. The molecule has 1 aromatic carbocycles. The molecule has 0 aliphatic heterocycles. The van der Waals surface area contributed by atoms with Gasteiger partial charge >= 0.3 is 0 Å². The summed E-state index contributed by atoms with van der Waals surface area (Å²) in [5.41, 5.74) is 0.613. The van der Waals surface area contributed by atoms with Gasteiger partial charge in [-0.1, -0.05) is 35.8 Å². The molecule has 0 radical (unpaired) electrons. The molecule has 1 rings (SSSR count). The first-order valence-corrected chi connectivity index (χ1v) is 5.90. The largest absolute Gasteiger partial charge is 0.377 e. The lowest BCUT2D eigenvalue weighted by atomic mass is 10.1. The topological polar surface area (TPSA) is 9.23 Å². The van der Waals surface area contributed by atoms with E-state index in [1.807, 2.05) is 6.07 Å². The molecule has 0 aliphatic carbocycles. The van der Waals surface area contributed by atoms with Crippen LogP contribution in [-0.2, 0) is 11.3 Å². The number of halogens is 2. The Labute approximate surface area is 98.8 Å². The molecule has 0 amide bonds. The SMILES string of the molecule is CC(C)CCOCc1ccc(Br)cc1F. The van der Waals surface area contributed by atoms with Gasteiger partial charge in [0.2, 0.25) is 0 Å². The van der Waals surface area contributed by atoms with Gasteiger partial charge < -0.3 is 4.74 Å². The number of benzene rings is 1. The van der Waals surface area contributed by atoms with Gasteiger partial charge in [0.25, 0.3) is 0 Å². The van der Waals surface area contributed by atoms with Gasteiger partial charge in [0.1, 0.15) is 5.82 Å². The molecular weight excluding hydrogens is 259 g/mol. The van der Waals surface area contributed by atoms with E-state index in [0.29, 0.717) is 24.7 Å². The number of hydrogen-bond donors (Lipinski definition) is 0. The zero-order valence-electron chi connectivity index (χ0n) is 9.09. The minimum Gasteiger partial charge on any atom is -0.377 e. The van der Waals surface area contributed by atoms with Crippen molar-refractivity contribution in [3.05, 3.63) is 34.1 Å². The summed E-state index contributed by atoms with van der Waals surface area (Å²) in [6.07, 6.45) is 1.01. The van der Waals surface area contributed by atoms with Crippen LogP contribution in [0.4, 0.5) is 4.39 Å². The van der Waals surface area contributed by atoms with E-state index in [2.05, 4.69) is 29.8 Å². The van der Waals surface area contributed by atoms with Crippen LogP contribution in [0.2, 0.25) is 0 Å². The van der Waals surface area contributed by atoms with Crippen molar-refractivity contribution in [3.8, 4) is 0 Å². The second-order valence-corrected chi connectivity index (χ2v) is 4.89. The van der Waals surface area contributed by atoms with E-state index in [1.54, 1.807) is 6.07 Å². The second-order valence-electron chi connectivity index (χ2n) is 3.97. The van der Waals surface area contributed by atoms with Gasteiger partial charge in [-0.15, -0.1) is 0 Å². The summed E-state index contributed by atoms with van der Waals surface area (Å²) in [6.45, 7) is 5.33. The van der Waals surface area contributed by atoms with Gasteiger partial charge in [0, 0.05) is 16.6 Å². The summed E-state index contributed by atoms with van der Waals surface area (Å²) in [4.78, 5) is 0. The molecule has 0 atom stereocenters. The molecule has 15 heavy (non-hydrogen) atoms. The maximum atomic E-state index is 13.3. The molecular formula is C12H16BrFO. The van der Waals surface area contributed by atoms with Crippen LogP contribution in [0.3, 0.4) is 0 Å². The predicted molar refractivity (Wildman–Crippen MR) is 63.2 cm³/mol. The Kier molecular flexibility index (Phi) is 5.26. The van der Waals surface area contributed by atoms with E-state index in [0.717, 1.165) is 10.9 Å². The van der Waals surface area contributed by atoms with Crippen LogP contribution in [0, 0.1) is 11.7 Å². The fraction of sp³-hybridized carbons (Fsp3) is 0.500. The average Bonchev–Trinajstić information content (AvgIpc) is 2.14. The molecule has 1 nitrogen and oxygen atoms in total. The number of ether oxygens (including phenoxy) is 1. The molecule has 0 saturated carbocycles. The lowest BCUT2D eigenvalue weighted by molar-refractivity contribution is 0.108. The summed E-state index contributed by atoms with van der Waals surface area (Å²) in [5.74, 6) is 0.411. The molecule has 1 aromatic rings. The first-order valence-electron chi connectivity index (χ1n) is 5.11. The highest BCUT2D eigenvalue weighted by molar-refractivity contribution is 9.10. The smallest absolute Gasteiger partial charge is 0.129 e. The fourth-order valence-corrected chi connectivity index (χ4v) is 1.47. The standard InChI is InChI=1S/C12H16BrFO/c1-9(2)5-6-15-8-10-3-4-11(13)7-12(10)14/h3-4,7,9H,5-6,8H2,1-2H3. The fourth-order valence-electron chi connectivity index (χ4n) is 1.14. The van der Waals surface area contributed by atoms with Crippen LogP contribution < -0.4 is 0 Å². The highest BCUT2D eigenvalue weighted by Gasteiger charge is 2.02. The van der Waals surface area contributed by atoms with Crippen molar-refractivity contribution in [1.29, 1.82) is 0 Å². The van der Waals surface area contributed by atoms with E-state index in [9.17, 15) is 4.39 Å². The third-order valence-corrected chi connectivity index (χ3v) is 2.61. The maximum absolute atomic E-state index is 13.3. The Bertz CT molecular complexity index is 312. The van der Waals surface area contributed by atoms with Crippen molar-refractivity contribution in [1.82, 2.24) is 0 Å². The maximum Gasteiger partial charge on any atom is 0.129 e. The Balaban J connectivity index is 2.37. The minimum atomic E-state index is -0.214. The number of hydrogen-bond acceptors (Lipinski definition) is 1. The Morgan fingerprint density at radius 1 is 1.40 bits per heavy atom. The van der Waals surface area contributed by atoms with Crippen LogP contribution in [0.5, 0.6) is 0 Å². The van der Waals surface area contributed by atoms with E-state index >= 15 is 0 Å². The molecule has 0 unspecified atom stereocenters. The second kappa shape index (κ2) is 6.23. The predicted octanol–water partition coefficient (Wildman–Crippen LogP) is 4.15. The summed E-state index contributed by atoms with van der Waals surface area (Å²) >= 11 is 3.22. The van der Waals surface area contributed by atoms with Crippen molar-refractivity contribution in [2.75, 3.05) is 6.61 Å². The van der Waals surface area contributed by atoms with Crippen molar-refractivity contribution in [3.63, 3.8) is 0 Å². The third-order valence-electron chi connectivity index (χ3n) is 2.11. The molecule has 0 heterocycles. The molecule has 0 fully saturated rings. The van der Waals surface area contributed by atoms with Gasteiger partial charge in [-0.3, -0.25) is 0 Å². The molecule has 0 saturated heterocycles. The minimum absolute atomic E-state index is 0.214. The van der Waals surface area contributed by atoms with Crippen molar-refractivity contribution < 1.29 is 9.13 Å². The van der Waals surface area contributed by atoms with Gasteiger partial charge in [-0.05, 0) is 24.5 Å². The van der Waals surface area contributed by atoms with Gasteiger partial charge in [0.05, 0.1) is 6.61 Å². The quantitative estimate of drug-likeness (QED) is 0.733. The van der Waals surface area contributed by atoms with Crippen molar-refractivity contribution in [2.45, 2.75) is 26.9 Å². The van der Waals surface area contributed by atoms with Gasteiger partial charge in [-0.2, -0.15) is 0 Å². The van der Waals surface area contributed by atoms with Crippen LogP contribution >= 0.6 is 15.9 Å². The van der Waals surface area contributed by atoms with Crippen molar-refractivity contribution in [2.24, 2.45) is 5.92 Å². The van der Waals surface area contributed by atoms with Gasteiger partial charge in [0.15, 0.2) is 0 Å². The lowest BCUT2D eigenvalue weighted by Crippen LogP contribution is -2.00. The molecule has 0 aliphatic rings. The molecule has 0 spiro atoms. The molecule has 0 N–H and O–H groups in total. The summed E-state index contributed by atoms with van der Waals surface area (Å²) in [5, 5.41) is 0. The summed E-state index contributed by atoms with van der Waals surface area (Å²) in [7, 11) is 0. The van der Waals surface area contributed by atoms with Crippen LogP contribution in [-0.4, -0.2) is 6.61 Å². The molecule has 0 bridgehead atoms. The first kappa shape index (κ1) is 12.7. The van der Waals surface area contributed by atoms with E-state index in [-0.39, 0.29) is 5.82 Å². The normalized spacial score (nSPS) is 11.0. The third kappa shape index (κ3) is 4.76. The van der Waals surface area contributed by atoms with Crippen molar-refractivity contribution >= 4 is 15.9 Å². The highest BCUT2D eigenvalue weighted by atomic mass is 79.9. The Morgan fingerprint density at radius 3 is 2.73 bits per heavy atom. The number of rotatable bonds is 5. The Hall–Kier alpha value is -0.410. The molecule has 3 heteroatoms. The molecule has 84 valence electrons. The summed E-state index contributed by atoms with van der Waals surface area (Å²) < 4.78 is 19.5. The zero-order valence-corrected chi connectivity index (χ0v) is 10.7. The van der Waals surface area contributed by atoms with E-state index in [4.69, 9.17) is 4.74 Å². The van der Waals surface area contributed by atoms with Gasteiger partial charge in [-0.25, -0.2) is 4.39 Å². The highest BCUT2D eigenvalue weighted by Crippen LogP contribution is 2.16. The van der Waals surface area contributed by atoms with Crippen LogP contribution in [0.25, 0.3) is 0 Å². The average molecular weight is 275 g/mol. The lowest BCUT2D eigenvalue weighted by Gasteiger charge is -2.07. The first-order chi connectivity index (χ1) is 7.09. The Morgan fingerprint density at radius 2 is 2.13 bits per heavy atom. The summed E-state index contributed by atoms with van der Waals surface area (Å²) in [6, 6.07) is 5.03. The van der Waals surface area contributed by atoms with Crippen LogP contribution in [0.15, 0.2) is 22.7 Å². The van der Waals surface area contributed by atoms with E-state index in [1.165, 1.54) is 6.07 Å². The zero-order chi connectivity index (χ0) is 11.3.